The number of fused-ring (bicyclic) bond motifs is 7. The number of allylic oxidation sites excluding steroid dienone is 1. The predicted molar refractivity (Wildman–Crippen MR) is 133 cm³/mol. The minimum absolute atomic E-state index is 0.0632. The summed E-state index contributed by atoms with van der Waals surface area (Å²) in [6.07, 6.45) is 14.2. The second-order valence-corrected chi connectivity index (χ2v) is 14.3. The Morgan fingerprint density at radius 2 is 1.62 bits per heavy atom. The van der Waals surface area contributed by atoms with E-state index in [0.717, 1.165) is 24.7 Å². The molecule has 9 atom stereocenters. The monoisotopic (exact) mass is 439 g/mol. The average Bonchev–Trinajstić information content (AvgIpc) is 3.07. The molecule has 0 spiro atoms. The first kappa shape index (κ1) is 23.1. The topological polar surface area (TPSA) is 29.1 Å². The number of rotatable bonds is 2. The molecule has 5 fully saturated rings. The maximum Gasteiger partial charge on any atom is 0.126 e. The number of nitrogens with one attached hydrogen (secondary N) is 1. The second kappa shape index (κ2) is 7.19. The van der Waals surface area contributed by atoms with Crippen molar-refractivity contribution < 1.29 is 4.79 Å². The molecule has 0 amide bonds. The largest absolute Gasteiger partial charge is 0.311 e. The number of carbonyl (C=O) groups excluding carboxylic acids is 1. The Bertz CT molecular complexity index is 801. The minimum Gasteiger partial charge on any atom is -0.311 e. The fraction of sp³-hybridized carbons (Fsp3) is 0.900. The van der Waals surface area contributed by atoms with Gasteiger partial charge < -0.3 is 10.1 Å². The van der Waals surface area contributed by atoms with Gasteiger partial charge in [0.1, 0.15) is 6.29 Å². The van der Waals surface area contributed by atoms with Crippen LogP contribution in [0.1, 0.15) is 106 Å². The molecular formula is C30H49NO. The first-order chi connectivity index (χ1) is 15.0. The summed E-state index contributed by atoms with van der Waals surface area (Å²) >= 11 is 0. The smallest absolute Gasteiger partial charge is 0.126 e. The normalized spacial score (nSPS) is 54.4. The van der Waals surface area contributed by atoms with E-state index in [1.807, 2.05) is 0 Å². The average molecular weight is 440 g/mol. The highest BCUT2D eigenvalue weighted by Gasteiger charge is 2.70. The highest BCUT2D eigenvalue weighted by atomic mass is 16.1. The number of hydrogen-bond donors (Lipinski definition) is 1. The van der Waals surface area contributed by atoms with Crippen molar-refractivity contribution in [2.45, 2.75) is 111 Å². The summed E-state index contributed by atoms with van der Waals surface area (Å²) in [6.45, 7) is 20.8. The van der Waals surface area contributed by atoms with Crippen molar-refractivity contribution in [2.24, 2.45) is 51.2 Å². The van der Waals surface area contributed by atoms with Crippen LogP contribution in [-0.4, -0.2) is 18.4 Å². The molecule has 180 valence electrons. The first-order valence-corrected chi connectivity index (χ1v) is 13.8. The van der Waals surface area contributed by atoms with Crippen LogP contribution in [0.15, 0.2) is 12.2 Å². The van der Waals surface area contributed by atoms with Crippen molar-refractivity contribution >= 4 is 6.29 Å². The number of carbonyl (C=O) groups is 1. The highest BCUT2D eigenvalue weighted by Crippen LogP contribution is 2.76. The van der Waals surface area contributed by atoms with Crippen LogP contribution in [-0.2, 0) is 4.79 Å². The number of hydrogen-bond acceptors (Lipinski definition) is 2. The van der Waals surface area contributed by atoms with E-state index in [1.165, 1.54) is 69.8 Å². The van der Waals surface area contributed by atoms with E-state index in [4.69, 9.17) is 0 Å². The molecule has 0 radical (unpaired) electrons. The van der Waals surface area contributed by atoms with Crippen LogP contribution in [0.4, 0.5) is 0 Å². The minimum atomic E-state index is -0.0632. The van der Waals surface area contributed by atoms with Gasteiger partial charge in [0.2, 0.25) is 0 Å². The molecule has 32 heavy (non-hydrogen) atoms. The molecule has 1 aliphatic heterocycles. The SMILES string of the molecule is C=C(C)[C@@H]1CC[C@]2(C=O)CC[C@]3(C)[C@H](CC[C@@H]4[C@@]5(C)CCCNC(C)(C)[C@@H]5CC[C@]43C)[C@@H]12. The van der Waals surface area contributed by atoms with Gasteiger partial charge in [-0.05, 0) is 137 Å². The fourth-order valence-electron chi connectivity index (χ4n) is 11.3. The van der Waals surface area contributed by atoms with Crippen molar-refractivity contribution in [3.63, 3.8) is 0 Å². The summed E-state index contributed by atoms with van der Waals surface area (Å²) in [5, 5.41) is 3.93. The molecule has 0 unspecified atom stereocenters. The zero-order chi connectivity index (χ0) is 23.2. The number of aldehydes is 1. The van der Waals surface area contributed by atoms with Crippen LogP contribution in [0, 0.1) is 51.2 Å². The molecule has 5 rings (SSSR count). The van der Waals surface area contributed by atoms with Crippen LogP contribution >= 0.6 is 0 Å². The van der Waals surface area contributed by atoms with E-state index in [9.17, 15) is 4.79 Å². The molecule has 0 bridgehead atoms. The zero-order valence-corrected chi connectivity index (χ0v) is 21.9. The molecular weight excluding hydrogens is 390 g/mol. The summed E-state index contributed by atoms with van der Waals surface area (Å²) in [5.41, 5.74) is 2.67. The second-order valence-electron chi connectivity index (χ2n) is 14.3. The highest BCUT2D eigenvalue weighted by molar-refractivity contribution is 5.62. The van der Waals surface area contributed by atoms with Crippen LogP contribution in [0.3, 0.4) is 0 Å². The third-order valence-electron chi connectivity index (χ3n) is 13.0. The van der Waals surface area contributed by atoms with Crippen LogP contribution in [0.25, 0.3) is 0 Å². The van der Waals surface area contributed by atoms with E-state index < -0.39 is 0 Å². The molecule has 1 heterocycles. The van der Waals surface area contributed by atoms with Crippen molar-refractivity contribution in [3.8, 4) is 0 Å². The Balaban J connectivity index is 1.56. The van der Waals surface area contributed by atoms with Gasteiger partial charge in [-0.3, -0.25) is 0 Å². The van der Waals surface area contributed by atoms with Crippen molar-refractivity contribution in [3.05, 3.63) is 12.2 Å². The van der Waals surface area contributed by atoms with E-state index in [2.05, 4.69) is 53.4 Å². The third kappa shape index (κ3) is 2.77. The lowest BCUT2D eigenvalue weighted by Gasteiger charge is -2.71. The Morgan fingerprint density at radius 3 is 2.31 bits per heavy atom. The van der Waals surface area contributed by atoms with Gasteiger partial charge in [0.25, 0.3) is 0 Å². The maximum atomic E-state index is 12.6. The van der Waals surface area contributed by atoms with Gasteiger partial charge in [-0.25, -0.2) is 0 Å². The molecule has 0 aromatic heterocycles. The standard InChI is InChI=1S/C30H49NO/c1-20(2)21-11-15-30(19-32)17-16-28(6)22(25(21)30)9-10-24-27(5)13-8-18-31-26(3,4)23(27)12-14-29(24,28)7/h19,21-25,31H,1,8-18H2,2-7H3/t21-,22+,23-,24+,25+,27-,28+,29+,30+/m0/s1. The van der Waals surface area contributed by atoms with E-state index in [-0.39, 0.29) is 11.0 Å². The van der Waals surface area contributed by atoms with Gasteiger partial charge in [-0.1, -0.05) is 32.9 Å². The summed E-state index contributed by atoms with van der Waals surface area (Å²) in [7, 11) is 0. The van der Waals surface area contributed by atoms with Gasteiger partial charge in [-0.2, -0.15) is 0 Å². The first-order valence-electron chi connectivity index (χ1n) is 13.8. The Morgan fingerprint density at radius 1 is 0.875 bits per heavy atom. The van der Waals surface area contributed by atoms with E-state index in [1.54, 1.807) is 0 Å². The zero-order valence-electron chi connectivity index (χ0n) is 21.9. The quantitative estimate of drug-likeness (QED) is 0.364. The lowest BCUT2D eigenvalue weighted by atomic mass is 9.33. The summed E-state index contributed by atoms with van der Waals surface area (Å²) < 4.78 is 0. The van der Waals surface area contributed by atoms with Gasteiger partial charge >= 0.3 is 0 Å². The van der Waals surface area contributed by atoms with Crippen molar-refractivity contribution in [1.82, 2.24) is 5.32 Å². The Labute approximate surface area is 197 Å². The summed E-state index contributed by atoms with van der Waals surface area (Å²) in [5.74, 6) is 3.35. The summed E-state index contributed by atoms with van der Waals surface area (Å²) in [4.78, 5) is 12.6. The lowest BCUT2D eigenvalue weighted by Crippen LogP contribution is -2.66. The molecule has 1 N–H and O–H groups in total. The van der Waals surface area contributed by atoms with Gasteiger partial charge in [0.05, 0.1) is 0 Å². The molecule has 4 aliphatic carbocycles. The molecule has 2 heteroatoms. The Hall–Kier alpha value is -0.630. The third-order valence-corrected chi connectivity index (χ3v) is 13.0. The van der Waals surface area contributed by atoms with E-state index >= 15 is 0 Å². The maximum absolute atomic E-state index is 12.6. The lowest BCUT2D eigenvalue weighted by molar-refractivity contribution is -0.221. The van der Waals surface area contributed by atoms with Crippen molar-refractivity contribution in [1.29, 1.82) is 0 Å². The fourth-order valence-corrected chi connectivity index (χ4v) is 11.3. The molecule has 4 saturated carbocycles. The molecule has 0 aromatic carbocycles. The molecule has 2 nitrogen and oxygen atoms in total. The van der Waals surface area contributed by atoms with Crippen LogP contribution in [0.2, 0.25) is 0 Å². The molecule has 1 saturated heterocycles. The summed E-state index contributed by atoms with van der Waals surface area (Å²) in [6, 6.07) is 0. The molecule has 5 aliphatic rings. The molecule has 0 aromatic rings. The van der Waals surface area contributed by atoms with E-state index in [0.29, 0.717) is 34.0 Å². The predicted octanol–water partition coefficient (Wildman–Crippen LogP) is 7.18. The van der Waals surface area contributed by atoms with Crippen molar-refractivity contribution in [2.75, 3.05) is 6.54 Å². The Kier molecular flexibility index (Phi) is 5.20. The van der Waals surface area contributed by atoms with Gasteiger partial charge in [0, 0.05) is 11.0 Å². The van der Waals surface area contributed by atoms with Crippen LogP contribution < -0.4 is 5.32 Å². The van der Waals surface area contributed by atoms with Gasteiger partial charge in [-0.15, -0.1) is 0 Å². The van der Waals surface area contributed by atoms with Crippen LogP contribution in [0.5, 0.6) is 0 Å². The van der Waals surface area contributed by atoms with Gasteiger partial charge in [0.15, 0.2) is 0 Å².